The van der Waals surface area contributed by atoms with Crippen molar-refractivity contribution in [3.63, 3.8) is 0 Å². The third kappa shape index (κ3) is 17.2. The van der Waals surface area contributed by atoms with Crippen LogP contribution in [0.3, 0.4) is 0 Å². The van der Waals surface area contributed by atoms with Crippen LogP contribution in [0.2, 0.25) is 0 Å². The van der Waals surface area contributed by atoms with Crippen molar-refractivity contribution in [2.45, 2.75) is 78.4 Å². The zero-order valence-electron chi connectivity index (χ0n) is 43.0. The Kier molecular flexibility index (Phi) is 19.8. The highest BCUT2D eigenvalue weighted by atomic mass is 16.6. The van der Waals surface area contributed by atoms with E-state index >= 15 is 0 Å². The fourth-order valence-corrected chi connectivity index (χ4v) is 7.83. The minimum Gasteiger partial charge on any atom is -0.448 e. The summed E-state index contributed by atoms with van der Waals surface area (Å²) in [5.41, 5.74) is 7.04. The fourth-order valence-electron chi connectivity index (χ4n) is 7.83. The molecule has 394 valence electrons. The number of alkyl carbamates (subject to hydrolysis) is 2. The van der Waals surface area contributed by atoms with Crippen molar-refractivity contribution in [3.05, 3.63) is 119 Å². The van der Waals surface area contributed by atoms with Gasteiger partial charge in [-0.05, 0) is 99.9 Å². The summed E-state index contributed by atoms with van der Waals surface area (Å²) in [5, 5.41) is 12.1. The van der Waals surface area contributed by atoms with Gasteiger partial charge in [0.05, 0.1) is 19.8 Å². The zero-order valence-corrected chi connectivity index (χ0v) is 43.0. The van der Waals surface area contributed by atoms with Crippen LogP contribution in [0.1, 0.15) is 89.5 Å². The molecule has 20 heteroatoms. The van der Waals surface area contributed by atoms with E-state index in [1.54, 1.807) is 41.5 Å². The highest BCUT2D eigenvalue weighted by molar-refractivity contribution is 5.89. The molecule has 0 bridgehead atoms. The molecule has 2 aliphatic carbocycles. The van der Waals surface area contributed by atoms with Crippen LogP contribution < -0.4 is 26.6 Å². The van der Waals surface area contributed by atoms with Crippen molar-refractivity contribution < 1.29 is 62.1 Å². The van der Waals surface area contributed by atoms with Crippen molar-refractivity contribution in [3.8, 4) is 22.3 Å². The number of hydrogen-bond acceptors (Lipinski definition) is 13. The van der Waals surface area contributed by atoms with Gasteiger partial charge in [0.1, 0.15) is 62.3 Å². The molecule has 0 saturated heterocycles. The monoisotopic (exact) mass is 1020 g/mol. The smallest absolute Gasteiger partial charge is 0.411 e. The molecule has 2 aliphatic rings. The topological polar surface area (TPSA) is 257 Å². The summed E-state index contributed by atoms with van der Waals surface area (Å²) in [4.78, 5) is 111. The van der Waals surface area contributed by atoms with Gasteiger partial charge in [-0.25, -0.2) is 19.2 Å². The lowest BCUT2D eigenvalue weighted by Gasteiger charge is -2.25. The van der Waals surface area contributed by atoms with Crippen LogP contribution in [0.15, 0.2) is 97.1 Å². The van der Waals surface area contributed by atoms with Crippen molar-refractivity contribution in [1.82, 2.24) is 36.4 Å². The lowest BCUT2D eigenvalue weighted by molar-refractivity contribution is -0.125. The minimum atomic E-state index is -0.824. The van der Waals surface area contributed by atoms with Crippen LogP contribution in [0.25, 0.3) is 22.3 Å². The van der Waals surface area contributed by atoms with Crippen LogP contribution in [0.4, 0.5) is 19.2 Å². The number of ether oxygens (including phenoxy) is 4. The van der Waals surface area contributed by atoms with Gasteiger partial charge in [0, 0.05) is 11.8 Å². The van der Waals surface area contributed by atoms with E-state index < -0.39 is 72.9 Å². The molecule has 0 aliphatic heterocycles. The maximum absolute atomic E-state index is 13.0. The number of nitrogens with one attached hydrogen (secondary N) is 5. The van der Waals surface area contributed by atoms with E-state index in [0.29, 0.717) is 0 Å². The van der Waals surface area contributed by atoms with Crippen molar-refractivity contribution in [2.24, 2.45) is 0 Å². The van der Waals surface area contributed by atoms with Crippen LogP contribution >= 0.6 is 0 Å². The van der Waals surface area contributed by atoms with Gasteiger partial charge in [0.15, 0.2) is 0 Å². The maximum Gasteiger partial charge on any atom is 0.411 e. The number of ketones is 2. The molecule has 4 aromatic rings. The molecule has 7 amide bonds. The van der Waals surface area contributed by atoms with E-state index in [1.807, 2.05) is 97.1 Å². The molecule has 74 heavy (non-hydrogen) atoms. The summed E-state index contributed by atoms with van der Waals surface area (Å²) in [6.07, 6.45) is -3.11. The average Bonchev–Trinajstić information content (AvgIpc) is 3.84. The second-order valence-electron chi connectivity index (χ2n) is 19.4. The summed E-state index contributed by atoms with van der Waals surface area (Å²) in [7, 11) is 0. The molecule has 0 fully saturated rings. The van der Waals surface area contributed by atoms with Gasteiger partial charge in [-0.15, -0.1) is 0 Å². The Labute approximate surface area is 430 Å². The fraction of sp³-hybridized carbons (Fsp3) is 0.389. The Balaban J connectivity index is 0.000000276. The second kappa shape index (κ2) is 25.9. The van der Waals surface area contributed by atoms with E-state index in [9.17, 15) is 43.2 Å². The molecular formula is C54H65N7O13. The molecule has 20 nitrogen and oxygen atoms in total. The highest BCUT2D eigenvalue weighted by Gasteiger charge is 2.32. The first-order valence-corrected chi connectivity index (χ1v) is 23.9. The molecular weight excluding hydrogens is 955 g/mol. The SMILES string of the molecule is CC(=O)CNC(=O)CN(CNC(=O)CNC(=O)OC(C)(C)C)C(=O)OCC1c2ccccc2-c2ccccc21.CC(=O)CNC(=O)CN(CNC(=O)OC(C)(C)C)C(=O)OCC1c2ccccc2-c2ccccc21. The number of Topliss-reactive ketones (excluding diaryl/α,β-unsaturated/α-hetero) is 2. The number of amides is 7. The Hall–Kier alpha value is -8.29. The summed E-state index contributed by atoms with van der Waals surface area (Å²) < 4.78 is 21.5. The summed E-state index contributed by atoms with van der Waals surface area (Å²) in [6.45, 7) is 10.7. The van der Waals surface area contributed by atoms with Gasteiger partial charge >= 0.3 is 24.4 Å². The highest BCUT2D eigenvalue weighted by Crippen LogP contribution is 2.45. The number of carbonyl (C=O) groups excluding carboxylic acids is 9. The molecule has 0 unspecified atom stereocenters. The van der Waals surface area contributed by atoms with Crippen LogP contribution in [-0.2, 0) is 42.9 Å². The normalized spacial score (nSPS) is 12.1. The van der Waals surface area contributed by atoms with Crippen LogP contribution in [-0.4, -0.2) is 134 Å². The first-order valence-electron chi connectivity index (χ1n) is 23.9. The van der Waals surface area contributed by atoms with Gasteiger partial charge in [-0.2, -0.15) is 0 Å². The second-order valence-corrected chi connectivity index (χ2v) is 19.4. The molecule has 5 N–H and O–H groups in total. The molecule has 0 radical (unpaired) electrons. The van der Waals surface area contributed by atoms with Crippen LogP contribution in [0, 0.1) is 0 Å². The molecule has 6 rings (SSSR count). The van der Waals surface area contributed by atoms with Gasteiger partial charge in [-0.1, -0.05) is 97.1 Å². The molecule has 0 spiro atoms. The molecule has 4 aromatic carbocycles. The minimum absolute atomic E-state index is 0.0204. The van der Waals surface area contributed by atoms with Crippen molar-refractivity contribution >= 4 is 53.7 Å². The number of rotatable bonds is 18. The average molecular weight is 1020 g/mol. The first-order chi connectivity index (χ1) is 35.0. The Morgan fingerprint density at radius 1 is 0.432 bits per heavy atom. The number of nitrogens with zero attached hydrogens (tertiary/aromatic N) is 2. The number of benzene rings is 4. The predicted molar refractivity (Wildman–Crippen MR) is 272 cm³/mol. The maximum atomic E-state index is 13.0. The Bertz CT molecular complexity index is 2620. The molecule has 0 aromatic heterocycles. The first kappa shape index (κ1) is 56.6. The van der Waals surface area contributed by atoms with Gasteiger partial charge in [-0.3, -0.25) is 33.8 Å². The predicted octanol–water partition coefficient (Wildman–Crippen LogP) is 5.97. The lowest BCUT2D eigenvalue weighted by atomic mass is 9.98. The number of hydrogen-bond donors (Lipinski definition) is 5. The van der Waals surface area contributed by atoms with E-state index in [4.69, 9.17) is 18.9 Å². The van der Waals surface area contributed by atoms with E-state index in [1.165, 1.54) is 13.8 Å². The summed E-state index contributed by atoms with van der Waals surface area (Å²) in [5.74, 6) is -2.59. The lowest BCUT2D eigenvalue weighted by Crippen LogP contribution is -2.49. The zero-order chi connectivity index (χ0) is 54.2. The van der Waals surface area contributed by atoms with E-state index in [2.05, 4.69) is 26.6 Å². The quantitative estimate of drug-likeness (QED) is 0.0570. The van der Waals surface area contributed by atoms with Crippen molar-refractivity contribution in [2.75, 3.05) is 59.3 Å². The molecule has 0 saturated carbocycles. The Morgan fingerprint density at radius 2 is 0.757 bits per heavy atom. The molecule has 0 atom stereocenters. The Morgan fingerprint density at radius 3 is 1.09 bits per heavy atom. The third-order valence-electron chi connectivity index (χ3n) is 11.0. The van der Waals surface area contributed by atoms with Gasteiger partial charge in [0.25, 0.3) is 0 Å². The van der Waals surface area contributed by atoms with Gasteiger partial charge < -0.3 is 45.5 Å². The number of fused-ring (bicyclic) bond motifs is 6. The van der Waals surface area contributed by atoms with Gasteiger partial charge in [0.2, 0.25) is 17.7 Å². The van der Waals surface area contributed by atoms with E-state index in [0.717, 1.165) is 54.3 Å². The number of carbonyl (C=O) groups is 9. The van der Waals surface area contributed by atoms with E-state index in [-0.39, 0.29) is 63.0 Å². The third-order valence-corrected chi connectivity index (χ3v) is 11.0. The summed E-state index contributed by atoms with van der Waals surface area (Å²) in [6, 6.07) is 31.6. The largest absolute Gasteiger partial charge is 0.448 e. The van der Waals surface area contributed by atoms with Crippen LogP contribution in [0.5, 0.6) is 0 Å². The molecule has 0 heterocycles. The van der Waals surface area contributed by atoms with Crippen molar-refractivity contribution in [1.29, 1.82) is 0 Å². The standard InChI is InChI=1S/C28H34N4O7.C26H31N3O6/c1-18(33)13-29-25(35)15-32(17-31-24(34)14-30-26(36)39-28(2,3)4)27(37)38-16-23-21-11-7-5-9-19(21)20-10-6-8-12-22(20)23;1-17(30)13-27-23(31)14-29(16-28-24(32)35-26(2,3)4)25(33)34-15-22-20-11-7-5-9-18(20)19-10-6-8-12-21(19)22/h5-12,23H,13-17H2,1-4H3,(H,29,35)(H,30,36)(H,31,34);5-12,22H,13-16H2,1-4H3,(H,27,31)(H,28,32). The summed E-state index contributed by atoms with van der Waals surface area (Å²) >= 11 is 0.